The second-order valence-corrected chi connectivity index (χ2v) is 3.54. The number of rotatable bonds is 4. The Balaban J connectivity index is -0.000000190. The Kier molecular flexibility index (Phi) is 35.9. The van der Waals surface area contributed by atoms with Gasteiger partial charge in [0, 0.05) is 5.57 Å². The van der Waals surface area contributed by atoms with Crippen LogP contribution in [-0.4, -0.2) is 5.78 Å². The van der Waals surface area contributed by atoms with E-state index in [1.807, 2.05) is 85.7 Å². The van der Waals surface area contributed by atoms with Crippen molar-refractivity contribution in [3.63, 3.8) is 0 Å². The first-order valence-corrected chi connectivity index (χ1v) is 8.81. The van der Waals surface area contributed by atoms with Gasteiger partial charge in [0.25, 0.3) is 0 Å². The summed E-state index contributed by atoms with van der Waals surface area (Å²) in [5.74, 6) is -0.0584. The highest BCUT2D eigenvalue weighted by atomic mass is 16.1. The van der Waals surface area contributed by atoms with E-state index in [9.17, 15) is 4.79 Å². The van der Waals surface area contributed by atoms with Gasteiger partial charge in [-0.2, -0.15) is 0 Å². The zero-order chi connectivity index (χ0) is 19.8. The Labute approximate surface area is 151 Å². The molecule has 0 unspecified atom stereocenters. The number of allylic oxidation sites excluding steroid dienone is 5. The summed E-state index contributed by atoms with van der Waals surface area (Å²) in [7, 11) is 0. The molecular formula is C23H38O. The molecule has 0 aliphatic heterocycles. The Hall–Kier alpha value is -2.15. The Morgan fingerprint density at radius 2 is 1.29 bits per heavy atom. The summed E-state index contributed by atoms with van der Waals surface area (Å²) in [5.41, 5.74) is 1.52. The molecule has 0 atom stereocenters. The van der Waals surface area contributed by atoms with Crippen LogP contribution in [0.5, 0.6) is 0 Å². The van der Waals surface area contributed by atoms with Gasteiger partial charge in [0.1, 0.15) is 0 Å². The third-order valence-corrected chi connectivity index (χ3v) is 1.91. The van der Waals surface area contributed by atoms with Crippen molar-refractivity contribution in [1.29, 1.82) is 0 Å². The smallest absolute Gasteiger partial charge is 0.185 e. The first kappa shape index (κ1) is 29.8. The number of hydrogen-bond acceptors (Lipinski definition) is 1. The van der Waals surface area contributed by atoms with Crippen molar-refractivity contribution in [3.05, 3.63) is 78.9 Å². The minimum absolute atomic E-state index is 0.0584. The van der Waals surface area contributed by atoms with Gasteiger partial charge in [-0.25, -0.2) is 0 Å². The van der Waals surface area contributed by atoms with Crippen LogP contribution in [0.3, 0.4) is 0 Å². The fourth-order valence-electron chi connectivity index (χ4n) is 1.13. The average Bonchev–Trinajstić information content (AvgIpc) is 2.66. The van der Waals surface area contributed by atoms with Crippen LogP contribution in [-0.2, 0) is 4.79 Å². The topological polar surface area (TPSA) is 17.1 Å². The van der Waals surface area contributed by atoms with E-state index >= 15 is 0 Å². The molecule has 24 heavy (non-hydrogen) atoms. The number of carbonyl (C=O) groups excluding carboxylic acids is 1. The molecule has 1 rings (SSSR count). The molecule has 0 aliphatic rings. The Morgan fingerprint density at radius 1 is 0.875 bits per heavy atom. The SMILES string of the molecule is C=C(/C=C\C)C(=O)/C=C/c1ccccc1.C=CC.CC.CC.CC. The molecule has 0 amide bonds. The van der Waals surface area contributed by atoms with Crippen molar-refractivity contribution in [2.24, 2.45) is 0 Å². The molecule has 0 aliphatic carbocycles. The predicted octanol–water partition coefficient (Wildman–Crippen LogP) is 7.67. The van der Waals surface area contributed by atoms with Crippen LogP contribution in [0.25, 0.3) is 6.08 Å². The summed E-state index contributed by atoms with van der Waals surface area (Å²) in [5, 5.41) is 0. The van der Waals surface area contributed by atoms with Crippen molar-refractivity contribution >= 4 is 11.9 Å². The third-order valence-electron chi connectivity index (χ3n) is 1.91. The normalized spacial score (nSPS) is 8.17. The van der Waals surface area contributed by atoms with Gasteiger partial charge in [0.2, 0.25) is 0 Å². The van der Waals surface area contributed by atoms with E-state index < -0.39 is 0 Å². The van der Waals surface area contributed by atoms with Gasteiger partial charge >= 0.3 is 0 Å². The zero-order valence-electron chi connectivity index (χ0n) is 17.1. The lowest BCUT2D eigenvalue weighted by atomic mass is 10.1. The van der Waals surface area contributed by atoms with Crippen molar-refractivity contribution in [3.8, 4) is 0 Å². The summed E-state index contributed by atoms with van der Waals surface area (Å²) in [6.07, 6.45) is 8.59. The lowest BCUT2D eigenvalue weighted by Crippen LogP contribution is -1.92. The maximum atomic E-state index is 11.5. The minimum Gasteiger partial charge on any atom is -0.289 e. The number of ketones is 1. The van der Waals surface area contributed by atoms with Crippen LogP contribution in [0.1, 0.15) is 61.0 Å². The van der Waals surface area contributed by atoms with Crippen LogP contribution in [0.4, 0.5) is 0 Å². The van der Waals surface area contributed by atoms with E-state index in [4.69, 9.17) is 0 Å². The van der Waals surface area contributed by atoms with Crippen molar-refractivity contribution < 1.29 is 4.79 Å². The quantitative estimate of drug-likeness (QED) is 0.314. The standard InChI is InChI=1S/C14H14O.C3H6.3C2H6/c1-3-7-12(2)14(15)11-10-13-8-5-4-6-9-13;1-3-2;3*1-2/h3-11H,2H2,1H3;3H,1H2,2H3;3*1-2H3/b7-3-,11-10+;;;;. The number of hydrogen-bond donors (Lipinski definition) is 0. The van der Waals surface area contributed by atoms with Gasteiger partial charge in [-0.1, -0.05) is 103 Å². The lowest BCUT2D eigenvalue weighted by Gasteiger charge is -1.93. The van der Waals surface area contributed by atoms with Crippen molar-refractivity contribution in [2.45, 2.75) is 55.4 Å². The van der Waals surface area contributed by atoms with Gasteiger partial charge in [-0.15, -0.1) is 6.58 Å². The van der Waals surface area contributed by atoms with Crippen LogP contribution in [0.15, 0.2) is 73.4 Å². The molecule has 0 N–H and O–H groups in total. The van der Waals surface area contributed by atoms with E-state index in [0.29, 0.717) is 5.57 Å². The maximum absolute atomic E-state index is 11.5. The molecule has 1 heteroatoms. The molecule has 0 bridgehead atoms. The highest BCUT2D eigenvalue weighted by Crippen LogP contribution is 2.03. The molecule has 0 heterocycles. The summed E-state index contributed by atoms with van der Waals surface area (Å²) in [6.45, 7) is 22.8. The van der Waals surface area contributed by atoms with Crippen molar-refractivity contribution in [1.82, 2.24) is 0 Å². The minimum atomic E-state index is -0.0584. The molecule has 1 nitrogen and oxygen atoms in total. The molecule has 1 aromatic carbocycles. The summed E-state index contributed by atoms with van der Waals surface area (Å²) in [6, 6.07) is 9.71. The summed E-state index contributed by atoms with van der Waals surface area (Å²) < 4.78 is 0. The molecule has 0 saturated heterocycles. The molecule has 0 spiro atoms. The van der Waals surface area contributed by atoms with E-state index in [-0.39, 0.29) is 5.78 Å². The first-order chi connectivity index (χ1) is 11.7. The van der Waals surface area contributed by atoms with Crippen LogP contribution in [0, 0.1) is 0 Å². The van der Waals surface area contributed by atoms with E-state index in [0.717, 1.165) is 5.56 Å². The first-order valence-electron chi connectivity index (χ1n) is 8.81. The van der Waals surface area contributed by atoms with Crippen LogP contribution < -0.4 is 0 Å². The summed E-state index contributed by atoms with van der Waals surface area (Å²) in [4.78, 5) is 11.5. The largest absolute Gasteiger partial charge is 0.289 e. The second-order valence-electron chi connectivity index (χ2n) is 3.54. The number of carbonyl (C=O) groups is 1. The van der Waals surface area contributed by atoms with Gasteiger partial charge in [-0.05, 0) is 25.5 Å². The third kappa shape index (κ3) is 22.1. The fourth-order valence-corrected chi connectivity index (χ4v) is 1.13. The Bertz CT molecular complexity index is 436. The van der Waals surface area contributed by atoms with Crippen molar-refractivity contribution in [2.75, 3.05) is 0 Å². The highest BCUT2D eigenvalue weighted by molar-refractivity contribution is 6.07. The average molecular weight is 331 g/mol. The van der Waals surface area contributed by atoms with E-state index in [1.165, 1.54) is 6.08 Å². The van der Waals surface area contributed by atoms with Crippen LogP contribution in [0.2, 0.25) is 0 Å². The van der Waals surface area contributed by atoms with E-state index in [2.05, 4.69) is 13.2 Å². The highest BCUT2D eigenvalue weighted by Gasteiger charge is 1.97. The monoisotopic (exact) mass is 330 g/mol. The molecule has 136 valence electrons. The van der Waals surface area contributed by atoms with E-state index in [1.54, 1.807) is 24.3 Å². The second kappa shape index (κ2) is 28.9. The zero-order valence-corrected chi connectivity index (χ0v) is 17.1. The molecular weight excluding hydrogens is 292 g/mol. The van der Waals surface area contributed by atoms with Gasteiger partial charge in [0.15, 0.2) is 5.78 Å². The molecule has 0 fully saturated rings. The molecule has 0 aromatic heterocycles. The number of benzene rings is 1. The Morgan fingerprint density at radius 3 is 1.67 bits per heavy atom. The van der Waals surface area contributed by atoms with Crippen LogP contribution >= 0.6 is 0 Å². The van der Waals surface area contributed by atoms with Gasteiger partial charge < -0.3 is 0 Å². The van der Waals surface area contributed by atoms with Gasteiger partial charge in [-0.3, -0.25) is 4.79 Å². The maximum Gasteiger partial charge on any atom is 0.185 e. The molecule has 0 radical (unpaired) electrons. The molecule has 0 saturated carbocycles. The van der Waals surface area contributed by atoms with Gasteiger partial charge in [0.05, 0.1) is 0 Å². The molecule has 1 aromatic rings. The lowest BCUT2D eigenvalue weighted by molar-refractivity contribution is -0.111. The summed E-state index contributed by atoms with van der Waals surface area (Å²) >= 11 is 0. The fraction of sp³-hybridized carbons (Fsp3) is 0.348. The predicted molar refractivity (Wildman–Crippen MR) is 114 cm³/mol.